The first-order valence-corrected chi connectivity index (χ1v) is 5.08. The van der Waals surface area contributed by atoms with Gasteiger partial charge in [-0.1, -0.05) is 27.5 Å². The van der Waals surface area contributed by atoms with Crippen molar-refractivity contribution in [3.63, 3.8) is 0 Å². The van der Waals surface area contributed by atoms with Crippen molar-refractivity contribution in [1.82, 2.24) is 0 Å². The van der Waals surface area contributed by atoms with Crippen molar-refractivity contribution in [2.75, 3.05) is 7.11 Å². The highest BCUT2D eigenvalue weighted by Gasteiger charge is 2.04. The van der Waals surface area contributed by atoms with E-state index in [1.165, 1.54) is 11.1 Å². The van der Waals surface area contributed by atoms with Crippen LogP contribution in [0.4, 0.5) is 0 Å². The Labute approximate surface area is 85.8 Å². The maximum atomic E-state index is 5.93. The Balaban J connectivity index is 3.16. The Kier molecular flexibility index (Phi) is 3.41. The number of halogens is 2. The highest BCUT2D eigenvalue weighted by molar-refractivity contribution is 9.08. The molecule has 0 fully saturated rings. The number of aryl methyl sites for hydroxylation is 1. The molecule has 0 aromatic heterocycles. The molecule has 1 aromatic carbocycles. The maximum absolute atomic E-state index is 5.93. The van der Waals surface area contributed by atoms with Gasteiger partial charge in [0.25, 0.3) is 0 Å². The molecule has 3 heteroatoms. The molecular weight excluding hydrogens is 239 g/mol. The summed E-state index contributed by atoms with van der Waals surface area (Å²) in [5.74, 6) is 0.735. The van der Waals surface area contributed by atoms with Crippen molar-refractivity contribution in [1.29, 1.82) is 0 Å². The molecule has 0 saturated heterocycles. The molecule has 1 aromatic rings. The second kappa shape index (κ2) is 4.15. The predicted molar refractivity (Wildman–Crippen MR) is 55.4 cm³/mol. The molecule has 0 amide bonds. The summed E-state index contributed by atoms with van der Waals surface area (Å²) in [5.41, 5.74) is 2.38. The van der Waals surface area contributed by atoms with E-state index in [9.17, 15) is 0 Å². The summed E-state index contributed by atoms with van der Waals surface area (Å²) in [6, 6.07) is 3.86. The molecule has 0 aliphatic carbocycles. The van der Waals surface area contributed by atoms with E-state index < -0.39 is 0 Å². The van der Waals surface area contributed by atoms with Gasteiger partial charge < -0.3 is 4.74 Å². The lowest BCUT2D eigenvalue weighted by Gasteiger charge is -2.07. The molecule has 0 aliphatic rings. The second-order valence-corrected chi connectivity index (χ2v) is 3.51. The summed E-state index contributed by atoms with van der Waals surface area (Å²) in [4.78, 5) is 0. The summed E-state index contributed by atoms with van der Waals surface area (Å²) in [6.07, 6.45) is 0. The van der Waals surface area contributed by atoms with Gasteiger partial charge in [0.05, 0.1) is 12.1 Å². The van der Waals surface area contributed by atoms with Crippen molar-refractivity contribution in [3.05, 3.63) is 28.3 Å². The number of benzene rings is 1. The van der Waals surface area contributed by atoms with Crippen molar-refractivity contribution >= 4 is 27.5 Å². The third-order valence-electron chi connectivity index (χ3n) is 1.75. The maximum Gasteiger partial charge on any atom is 0.137 e. The lowest BCUT2D eigenvalue weighted by molar-refractivity contribution is 0.414. The van der Waals surface area contributed by atoms with Crippen LogP contribution < -0.4 is 4.74 Å². The molecule has 0 atom stereocenters. The Hall–Kier alpha value is -0.210. The minimum atomic E-state index is 0.664. The Bertz CT molecular complexity index is 256. The minimum absolute atomic E-state index is 0.664. The average molecular weight is 250 g/mol. The van der Waals surface area contributed by atoms with Gasteiger partial charge in [0.2, 0.25) is 0 Å². The van der Waals surface area contributed by atoms with Crippen LogP contribution in [0.3, 0.4) is 0 Å². The van der Waals surface area contributed by atoms with E-state index in [0.29, 0.717) is 5.02 Å². The second-order valence-electron chi connectivity index (χ2n) is 2.55. The molecule has 1 rings (SSSR count). The van der Waals surface area contributed by atoms with Crippen LogP contribution >= 0.6 is 27.5 Å². The number of rotatable bonds is 2. The smallest absolute Gasteiger partial charge is 0.137 e. The zero-order chi connectivity index (χ0) is 9.14. The van der Waals surface area contributed by atoms with Gasteiger partial charge in [0.1, 0.15) is 5.75 Å². The molecule has 0 heterocycles. The summed E-state index contributed by atoms with van der Waals surface area (Å²) in [6.45, 7) is 2.04. The van der Waals surface area contributed by atoms with Gasteiger partial charge in [0, 0.05) is 5.33 Å². The fourth-order valence-electron chi connectivity index (χ4n) is 0.997. The van der Waals surface area contributed by atoms with Crippen LogP contribution in [0.2, 0.25) is 5.02 Å². The van der Waals surface area contributed by atoms with E-state index in [-0.39, 0.29) is 0 Å². The van der Waals surface area contributed by atoms with Crippen molar-refractivity contribution < 1.29 is 4.74 Å². The molecule has 1 nitrogen and oxygen atoms in total. The molecule has 0 radical (unpaired) electrons. The fourth-order valence-corrected chi connectivity index (χ4v) is 1.86. The summed E-state index contributed by atoms with van der Waals surface area (Å²) < 4.78 is 5.08. The lowest BCUT2D eigenvalue weighted by Crippen LogP contribution is -1.89. The number of alkyl halides is 1. The van der Waals surface area contributed by atoms with Crippen LogP contribution in [-0.4, -0.2) is 7.11 Å². The van der Waals surface area contributed by atoms with E-state index in [4.69, 9.17) is 16.3 Å². The lowest BCUT2D eigenvalue weighted by atomic mass is 10.1. The van der Waals surface area contributed by atoms with Crippen molar-refractivity contribution in [2.24, 2.45) is 0 Å². The van der Waals surface area contributed by atoms with Gasteiger partial charge in [-0.3, -0.25) is 0 Å². The first-order valence-electron chi connectivity index (χ1n) is 3.58. The van der Waals surface area contributed by atoms with E-state index >= 15 is 0 Å². The summed E-state index contributed by atoms with van der Waals surface area (Å²) in [5, 5.41) is 1.49. The van der Waals surface area contributed by atoms with Crippen LogP contribution in [0.15, 0.2) is 12.1 Å². The summed E-state index contributed by atoms with van der Waals surface area (Å²) in [7, 11) is 1.62. The fraction of sp³-hybridized carbons (Fsp3) is 0.333. The van der Waals surface area contributed by atoms with Crippen molar-refractivity contribution in [3.8, 4) is 5.75 Å². The molecule has 0 aliphatic heterocycles. The third-order valence-corrected chi connectivity index (χ3v) is 2.65. The zero-order valence-corrected chi connectivity index (χ0v) is 9.37. The first-order chi connectivity index (χ1) is 5.69. The summed E-state index contributed by atoms with van der Waals surface area (Å²) >= 11 is 9.32. The van der Waals surface area contributed by atoms with Crippen LogP contribution in [0, 0.1) is 6.92 Å². The Morgan fingerprint density at radius 2 is 2.17 bits per heavy atom. The average Bonchev–Trinajstić information content (AvgIpc) is 2.08. The number of methoxy groups -OCH3 is 1. The van der Waals surface area contributed by atoms with E-state index in [1.54, 1.807) is 7.11 Å². The predicted octanol–water partition coefficient (Wildman–Crippen LogP) is 3.55. The minimum Gasteiger partial charge on any atom is -0.495 e. The van der Waals surface area contributed by atoms with Crippen molar-refractivity contribution in [2.45, 2.75) is 12.3 Å². The van der Waals surface area contributed by atoms with Gasteiger partial charge in [-0.15, -0.1) is 0 Å². The third kappa shape index (κ3) is 1.93. The Morgan fingerprint density at radius 1 is 1.50 bits per heavy atom. The Morgan fingerprint density at radius 3 is 2.67 bits per heavy atom. The molecule has 0 N–H and O–H groups in total. The molecule has 0 spiro atoms. The molecule has 12 heavy (non-hydrogen) atoms. The molecular formula is C9H10BrClO. The van der Waals surface area contributed by atoms with Gasteiger partial charge in [-0.2, -0.15) is 0 Å². The monoisotopic (exact) mass is 248 g/mol. The van der Waals surface area contributed by atoms with E-state index in [2.05, 4.69) is 15.9 Å². The highest BCUT2D eigenvalue weighted by atomic mass is 79.9. The van der Waals surface area contributed by atoms with Gasteiger partial charge >= 0.3 is 0 Å². The van der Waals surface area contributed by atoms with Gasteiger partial charge in [-0.05, 0) is 30.2 Å². The number of hydrogen-bond acceptors (Lipinski definition) is 1. The normalized spacial score (nSPS) is 10.0. The number of ether oxygens (including phenoxy) is 1. The standard InChI is InChI=1S/C9H10BrClO/c1-6-3-9(12-2)8(11)4-7(6)5-10/h3-4H,5H2,1-2H3. The molecule has 0 saturated carbocycles. The van der Waals surface area contributed by atoms with Crippen LogP contribution in [0.1, 0.15) is 11.1 Å². The van der Waals surface area contributed by atoms with Gasteiger partial charge in [0.15, 0.2) is 0 Å². The van der Waals surface area contributed by atoms with Crippen LogP contribution in [0.25, 0.3) is 0 Å². The van der Waals surface area contributed by atoms with E-state index in [0.717, 1.165) is 11.1 Å². The molecule has 0 unspecified atom stereocenters. The highest BCUT2D eigenvalue weighted by Crippen LogP contribution is 2.28. The molecule has 0 bridgehead atoms. The SMILES string of the molecule is COc1cc(C)c(CBr)cc1Cl. The van der Waals surface area contributed by atoms with Crippen LogP contribution in [0.5, 0.6) is 5.75 Å². The topological polar surface area (TPSA) is 9.23 Å². The largest absolute Gasteiger partial charge is 0.495 e. The quantitative estimate of drug-likeness (QED) is 0.728. The first kappa shape index (κ1) is 9.87. The molecule has 66 valence electrons. The van der Waals surface area contributed by atoms with Gasteiger partial charge in [-0.25, -0.2) is 0 Å². The van der Waals surface area contributed by atoms with Crippen LogP contribution in [-0.2, 0) is 5.33 Å². The zero-order valence-electron chi connectivity index (χ0n) is 7.03. The number of hydrogen-bond donors (Lipinski definition) is 0. The van der Waals surface area contributed by atoms with E-state index in [1.807, 2.05) is 19.1 Å².